The van der Waals surface area contributed by atoms with E-state index in [9.17, 15) is 9.90 Å². The lowest BCUT2D eigenvalue weighted by Crippen LogP contribution is -2.14. The van der Waals surface area contributed by atoms with Crippen molar-refractivity contribution in [2.45, 2.75) is 13.8 Å². The first-order valence-corrected chi connectivity index (χ1v) is 12.5. The average Bonchev–Trinajstić information content (AvgIpc) is 3.33. The number of benzene rings is 1. The van der Waals surface area contributed by atoms with Gasteiger partial charge in [-0.1, -0.05) is 13.8 Å². The van der Waals surface area contributed by atoms with Gasteiger partial charge in [0.15, 0.2) is 11.5 Å². The number of anilines is 1. The number of H-pyrrole nitrogens is 1. The summed E-state index contributed by atoms with van der Waals surface area (Å²) in [5.74, 6) is -0.187. The summed E-state index contributed by atoms with van der Waals surface area (Å²) in [5.41, 5.74) is 2.66. The quantitative estimate of drug-likeness (QED) is 0.153. The van der Waals surface area contributed by atoms with E-state index in [2.05, 4.69) is 15.3 Å². The number of nitrogens with zero attached hydrogens (tertiary/aromatic N) is 1. The summed E-state index contributed by atoms with van der Waals surface area (Å²) in [4.78, 5) is 20.3. The van der Waals surface area contributed by atoms with E-state index in [1.54, 1.807) is 19.4 Å². The van der Waals surface area contributed by atoms with E-state index in [0.29, 0.717) is 74.6 Å². The summed E-state index contributed by atoms with van der Waals surface area (Å²) in [6, 6.07) is 8.03. The van der Waals surface area contributed by atoms with Gasteiger partial charge in [-0.05, 0) is 36.2 Å². The van der Waals surface area contributed by atoms with Crippen LogP contribution in [0.1, 0.15) is 29.9 Å². The number of hydrogen-bond acceptors (Lipinski definition) is 9. The van der Waals surface area contributed by atoms with E-state index in [-0.39, 0.29) is 29.9 Å². The van der Waals surface area contributed by atoms with Crippen molar-refractivity contribution in [3.05, 3.63) is 47.8 Å². The summed E-state index contributed by atoms with van der Waals surface area (Å²) in [7, 11) is 1.62. The Bertz CT molecular complexity index is 1200. The molecule has 11 heteroatoms. The number of aromatic amines is 1. The predicted molar refractivity (Wildman–Crippen MR) is 144 cm³/mol. The molecule has 0 atom stereocenters. The van der Waals surface area contributed by atoms with Crippen LogP contribution in [0.4, 0.5) is 5.69 Å². The number of rotatable bonds is 17. The third kappa shape index (κ3) is 8.80. The van der Waals surface area contributed by atoms with Crippen LogP contribution in [-0.2, 0) is 18.9 Å². The molecule has 0 bridgehead atoms. The van der Waals surface area contributed by atoms with Crippen LogP contribution in [0.3, 0.4) is 0 Å². The van der Waals surface area contributed by atoms with Crippen LogP contribution in [0.2, 0.25) is 0 Å². The number of fused-ring (bicyclic) bond motifs is 1. The monoisotopic (exact) mass is 528 g/mol. The van der Waals surface area contributed by atoms with E-state index >= 15 is 0 Å². The lowest BCUT2D eigenvalue weighted by Gasteiger charge is -2.11. The minimum absolute atomic E-state index is 0.0751. The van der Waals surface area contributed by atoms with Gasteiger partial charge in [-0.2, -0.15) is 0 Å². The second kappa shape index (κ2) is 15.0. The van der Waals surface area contributed by atoms with Gasteiger partial charge in [0.2, 0.25) is 0 Å². The Labute approximate surface area is 221 Å². The lowest BCUT2D eigenvalue weighted by molar-refractivity contribution is 0.0000838. The molecule has 0 saturated heterocycles. The van der Waals surface area contributed by atoms with Crippen LogP contribution in [0, 0.1) is 11.3 Å². The average molecular weight is 529 g/mol. The Morgan fingerprint density at radius 3 is 2.32 bits per heavy atom. The number of methoxy groups -OCH3 is 1. The van der Waals surface area contributed by atoms with E-state index in [0.717, 1.165) is 5.39 Å². The summed E-state index contributed by atoms with van der Waals surface area (Å²) in [6.07, 6.45) is 1.55. The normalized spacial score (nSPS) is 11.3. The lowest BCUT2D eigenvalue weighted by atomic mass is 10.1. The minimum atomic E-state index is -0.374. The van der Waals surface area contributed by atoms with Crippen molar-refractivity contribution in [3.63, 3.8) is 0 Å². The second-order valence-corrected chi connectivity index (χ2v) is 8.73. The molecule has 0 aliphatic rings. The number of hydrogen-bond donors (Lipinski definition) is 4. The highest BCUT2D eigenvalue weighted by atomic mass is 16.6. The highest BCUT2D eigenvalue weighted by Gasteiger charge is 2.14. The summed E-state index contributed by atoms with van der Waals surface area (Å²) in [5, 5.41) is 21.9. The third-order valence-electron chi connectivity index (χ3n) is 5.48. The number of phenolic OH excluding ortho intramolecular Hbond substituents is 1. The fourth-order valence-electron chi connectivity index (χ4n) is 3.41. The highest BCUT2D eigenvalue weighted by Crippen LogP contribution is 2.27. The molecule has 0 aliphatic heterocycles. The van der Waals surface area contributed by atoms with Gasteiger partial charge in [0.25, 0.3) is 5.91 Å². The molecule has 38 heavy (non-hydrogen) atoms. The summed E-state index contributed by atoms with van der Waals surface area (Å²) < 4.78 is 26.7. The smallest absolute Gasteiger partial charge is 0.255 e. The maximum absolute atomic E-state index is 12.8. The number of carbonyl (C=O) groups is 1. The SMILES string of the molecule is COCCOCCOCCOCCOc1cc(C(=O)Nc2cnc3[nH]c(C(=N)C(C)C)cc3c2)ccc1O. The zero-order valence-electron chi connectivity index (χ0n) is 22.0. The molecule has 2 heterocycles. The zero-order chi connectivity index (χ0) is 27.3. The molecule has 11 nitrogen and oxygen atoms in total. The van der Waals surface area contributed by atoms with Gasteiger partial charge in [0.05, 0.1) is 69.5 Å². The fourth-order valence-corrected chi connectivity index (χ4v) is 3.41. The van der Waals surface area contributed by atoms with Crippen molar-refractivity contribution in [1.29, 1.82) is 5.41 Å². The Hall–Kier alpha value is -3.51. The molecular formula is C27H36N4O7. The number of carbonyl (C=O) groups excluding carboxylic acids is 1. The van der Waals surface area contributed by atoms with Crippen molar-refractivity contribution in [3.8, 4) is 11.5 Å². The van der Waals surface area contributed by atoms with Crippen LogP contribution in [0.5, 0.6) is 11.5 Å². The molecule has 3 aromatic rings. The van der Waals surface area contributed by atoms with Crippen LogP contribution in [0.15, 0.2) is 36.5 Å². The fraction of sp³-hybridized carbons (Fsp3) is 0.444. The number of ether oxygens (including phenoxy) is 5. The van der Waals surface area contributed by atoms with Gasteiger partial charge >= 0.3 is 0 Å². The second-order valence-electron chi connectivity index (χ2n) is 8.73. The largest absolute Gasteiger partial charge is 0.504 e. The van der Waals surface area contributed by atoms with Crippen LogP contribution < -0.4 is 10.1 Å². The van der Waals surface area contributed by atoms with E-state index < -0.39 is 0 Å². The van der Waals surface area contributed by atoms with Gasteiger partial charge in [-0.3, -0.25) is 4.79 Å². The number of amides is 1. The molecule has 3 rings (SSSR count). The first kappa shape index (κ1) is 29.1. The van der Waals surface area contributed by atoms with Crippen LogP contribution in [-0.4, -0.2) is 86.7 Å². The molecule has 1 aromatic carbocycles. The Kier molecular flexibility index (Phi) is 11.5. The van der Waals surface area contributed by atoms with Gasteiger partial charge in [0, 0.05) is 18.1 Å². The Morgan fingerprint density at radius 2 is 1.66 bits per heavy atom. The number of phenols is 1. The molecular weight excluding hydrogens is 492 g/mol. The first-order chi connectivity index (χ1) is 18.4. The van der Waals surface area contributed by atoms with Crippen LogP contribution in [0.25, 0.3) is 11.0 Å². The van der Waals surface area contributed by atoms with Crippen molar-refractivity contribution in [2.75, 3.05) is 65.3 Å². The third-order valence-corrected chi connectivity index (χ3v) is 5.48. The maximum atomic E-state index is 12.8. The van der Waals surface area contributed by atoms with Crippen molar-refractivity contribution in [1.82, 2.24) is 9.97 Å². The molecule has 1 amide bonds. The van der Waals surface area contributed by atoms with Gasteiger partial charge < -0.3 is 44.5 Å². The molecule has 0 fully saturated rings. The molecule has 206 valence electrons. The van der Waals surface area contributed by atoms with E-state index in [1.807, 2.05) is 19.9 Å². The number of pyridine rings is 1. The molecule has 0 saturated carbocycles. The van der Waals surface area contributed by atoms with E-state index in [4.69, 9.17) is 29.1 Å². The molecule has 0 aliphatic carbocycles. The van der Waals surface area contributed by atoms with Gasteiger partial charge in [-0.25, -0.2) is 4.98 Å². The van der Waals surface area contributed by atoms with Gasteiger partial charge in [-0.15, -0.1) is 0 Å². The molecule has 0 radical (unpaired) electrons. The molecule has 2 aromatic heterocycles. The maximum Gasteiger partial charge on any atom is 0.255 e. The van der Waals surface area contributed by atoms with Crippen molar-refractivity contribution < 1.29 is 33.6 Å². The first-order valence-electron chi connectivity index (χ1n) is 12.5. The summed E-state index contributed by atoms with van der Waals surface area (Å²) >= 11 is 0. The Morgan fingerprint density at radius 1 is 1.00 bits per heavy atom. The number of aromatic nitrogens is 2. The summed E-state index contributed by atoms with van der Waals surface area (Å²) in [6.45, 7) is 7.30. The number of aromatic hydroxyl groups is 1. The topological polar surface area (TPSA) is 148 Å². The minimum Gasteiger partial charge on any atom is -0.504 e. The molecule has 4 N–H and O–H groups in total. The molecule has 0 spiro atoms. The van der Waals surface area contributed by atoms with Crippen LogP contribution >= 0.6 is 0 Å². The standard InChI is InChI=1S/C27H36N4O7/c1-18(2)25(28)22-15-20-14-21(17-29-26(20)31-22)30-27(33)19-4-5-23(32)24(16-19)38-13-12-37-11-10-36-9-8-35-7-6-34-3/h4-5,14-18,28,32H,6-13H2,1-3H3,(H,29,31)(H,30,33). The Balaban J connectivity index is 1.44. The molecule has 0 unspecified atom stereocenters. The van der Waals surface area contributed by atoms with E-state index in [1.165, 1.54) is 18.2 Å². The number of nitrogens with one attached hydrogen (secondary N) is 3. The highest BCUT2D eigenvalue weighted by molar-refractivity contribution is 6.06. The van der Waals surface area contributed by atoms with Crippen molar-refractivity contribution in [2.24, 2.45) is 5.92 Å². The predicted octanol–water partition coefficient (Wildman–Crippen LogP) is 3.62. The van der Waals surface area contributed by atoms with Crippen molar-refractivity contribution >= 4 is 28.3 Å². The van der Waals surface area contributed by atoms with Gasteiger partial charge in [0.1, 0.15) is 12.3 Å². The zero-order valence-corrected chi connectivity index (χ0v) is 22.0.